The lowest BCUT2D eigenvalue weighted by atomic mass is 10.1. The van der Waals surface area contributed by atoms with Crippen molar-refractivity contribution >= 4 is 29.3 Å². The van der Waals surface area contributed by atoms with Crippen LogP contribution in [0.3, 0.4) is 0 Å². The first-order valence-electron chi connectivity index (χ1n) is 6.90. The van der Waals surface area contributed by atoms with Crippen LogP contribution in [0, 0.1) is 6.92 Å². The smallest absolute Gasteiger partial charge is 0.335 e. The minimum absolute atomic E-state index is 0.0404. The second-order valence-corrected chi connectivity index (χ2v) is 6.26. The van der Waals surface area contributed by atoms with Crippen LogP contribution in [-0.4, -0.2) is 22.7 Å². The molecule has 22 heavy (non-hydrogen) atoms. The summed E-state index contributed by atoms with van der Waals surface area (Å²) in [5.74, 6) is -0.499. The number of rotatable bonds is 3. The van der Waals surface area contributed by atoms with Crippen molar-refractivity contribution in [1.29, 1.82) is 0 Å². The molecule has 3 rings (SSSR count). The van der Waals surface area contributed by atoms with Crippen LogP contribution in [0.5, 0.6) is 0 Å². The Bertz CT molecular complexity index is 710. The van der Waals surface area contributed by atoms with Crippen LogP contribution in [-0.2, 0) is 4.79 Å². The number of carbonyl (C=O) groups is 2. The molecule has 2 aromatic rings. The molecule has 4 nitrogen and oxygen atoms in total. The SMILES string of the molecule is Cc1ccc([C@H]2SCC(=O)N2c2ccc(C(=O)O)cc2)cc1. The van der Waals surface area contributed by atoms with E-state index in [0.717, 1.165) is 11.3 Å². The average Bonchev–Trinajstić information content (AvgIpc) is 2.90. The van der Waals surface area contributed by atoms with E-state index in [2.05, 4.69) is 0 Å². The number of carboxylic acids is 1. The number of amides is 1. The van der Waals surface area contributed by atoms with Crippen molar-refractivity contribution in [1.82, 2.24) is 0 Å². The molecule has 0 aliphatic carbocycles. The van der Waals surface area contributed by atoms with Gasteiger partial charge in [-0.15, -0.1) is 11.8 Å². The molecule has 0 radical (unpaired) electrons. The standard InChI is InChI=1S/C17H15NO3S/c1-11-2-4-12(5-3-11)16-18(15(19)10-22-16)14-8-6-13(7-9-14)17(20)21/h2-9,16H,10H2,1H3,(H,20,21)/t16-/m1/s1. The quantitative estimate of drug-likeness (QED) is 0.942. The van der Waals surface area contributed by atoms with Gasteiger partial charge in [0.25, 0.3) is 0 Å². The summed E-state index contributed by atoms with van der Waals surface area (Å²) in [6, 6.07) is 14.6. The molecule has 1 heterocycles. The maximum absolute atomic E-state index is 12.2. The van der Waals surface area contributed by atoms with Crippen LogP contribution < -0.4 is 4.90 Å². The lowest BCUT2D eigenvalue weighted by Gasteiger charge is -2.24. The lowest BCUT2D eigenvalue weighted by Crippen LogP contribution is -2.27. The van der Waals surface area contributed by atoms with Crippen molar-refractivity contribution in [2.45, 2.75) is 12.3 Å². The second-order valence-electron chi connectivity index (χ2n) is 5.19. The van der Waals surface area contributed by atoms with Crippen molar-refractivity contribution < 1.29 is 14.7 Å². The summed E-state index contributed by atoms with van der Waals surface area (Å²) in [5, 5.41) is 8.90. The third-order valence-electron chi connectivity index (χ3n) is 3.62. The molecule has 2 aromatic carbocycles. The topological polar surface area (TPSA) is 57.6 Å². The minimum Gasteiger partial charge on any atom is -0.478 e. The number of benzene rings is 2. The molecule has 0 unspecified atom stereocenters. The fourth-order valence-corrected chi connectivity index (χ4v) is 3.62. The molecule has 0 bridgehead atoms. The summed E-state index contributed by atoms with van der Waals surface area (Å²) in [7, 11) is 0. The van der Waals surface area contributed by atoms with E-state index in [1.165, 1.54) is 17.7 Å². The Morgan fingerprint density at radius 1 is 1.14 bits per heavy atom. The largest absolute Gasteiger partial charge is 0.478 e. The minimum atomic E-state index is -0.969. The van der Waals surface area contributed by atoms with Crippen LogP contribution in [0.25, 0.3) is 0 Å². The summed E-state index contributed by atoms with van der Waals surface area (Å²) < 4.78 is 0. The van der Waals surface area contributed by atoms with Gasteiger partial charge in [0.2, 0.25) is 5.91 Å². The van der Waals surface area contributed by atoms with E-state index in [1.807, 2.05) is 31.2 Å². The molecule has 1 N–H and O–H groups in total. The Balaban J connectivity index is 1.93. The van der Waals surface area contributed by atoms with Crippen LogP contribution in [0.1, 0.15) is 26.9 Å². The van der Waals surface area contributed by atoms with Gasteiger partial charge in [0.05, 0.1) is 11.3 Å². The van der Waals surface area contributed by atoms with E-state index < -0.39 is 5.97 Å². The zero-order chi connectivity index (χ0) is 15.7. The fourth-order valence-electron chi connectivity index (χ4n) is 2.45. The maximum Gasteiger partial charge on any atom is 0.335 e. The Labute approximate surface area is 132 Å². The number of hydrogen-bond acceptors (Lipinski definition) is 3. The van der Waals surface area contributed by atoms with Crippen LogP contribution in [0.15, 0.2) is 48.5 Å². The molecule has 1 aliphatic heterocycles. The third kappa shape index (κ3) is 2.72. The molecule has 1 atom stereocenters. The first kappa shape index (κ1) is 14.7. The van der Waals surface area contributed by atoms with Gasteiger partial charge in [0.1, 0.15) is 5.37 Å². The molecule has 1 saturated heterocycles. The number of carboxylic acid groups (broad SMARTS) is 1. The highest BCUT2D eigenvalue weighted by atomic mass is 32.2. The number of anilines is 1. The number of carbonyl (C=O) groups excluding carboxylic acids is 1. The second kappa shape index (κ2) is 5.85. The van der Waals surface area contributed by atoms with E-state index in [9.17, 15) is 9.59 Å². The summed E-state index contributed by atoms with van der Waals surface area (Å²) >= 11 is 1.58. The monoisotopic (exact) mass is 313 g/mol. The van der Waals surface area contributed by atoms with E-state index in [-0.39, 0.29) is 16.8 Å². The highest BCUT2D eigenvalue weighted by molar-refractivity contribution is 8.00. The van der Waals surface area contributed by atoms with Crippen LogP contribution >= 0.6 is 11.8 Å². The summed E-state index contributed by atoms with van der Waals surface area (Å²) in [4.78, 5) is 24.9. The molecule has 1 fully saturated rings. The van der Waals surface area contributed by atoms with E-state index in [0.29, 0.717) is 5.75 Å². The number of thioether (sulfide) groups is 1. The van der Waals surface area contributed by atoms with Crippen molar-refractivity contribution in [2.24, 2.45) is 0 Å². The Hall–Kier alpha value is -2.27. The summed E-state index contributed by atoms with van der Waals surface area (Å²) in [6.45, 7) is 2.03. The molecule has 0 saturated carbocycles. The van der Waals surface area contributed by atoms with Gasteiger partial charge in [-0.25, -0.2) is 4.79 Å². The first-order chi connectivity index (χ1) is 10.6. The Morgan fingerprint density at radius 3 is 2.36 bits per heavy atom. The first-order valence-corrected chi connectivity index (χ1v) is 7.95. The van der Waals surface area contributed by atoms with Gasteiger partial charge in [-0.3, -0.25) is 9.69 Å². The van der Waals surface area contributed by atoms with Crippen LogP contribution in [0.4, 0.5) is 5.69 Å². The number of aryl methyl sites for hydroxylation is 1. The molecule has 0 aromatic heterocycles. The predicted octanol–water partition coefficient (Wildman–Crippen LogP) is 3.47. The van der Waals surface area contributed by atoms with Crippen molar-refractivity contribution in [3.63, 3.8) is 0 Å². The van der Waals surface area contributed by atoms with Crippen molar-refractivity contribution in [3.8, 4) is 0 Å². The molecule has 1 amide bonds. The van der Waals surface area contributed by atoms with Crippen molar-refractivity contribution in [2.75, 3.05) is 10.7 Å². The molecular weight excluding hydrogens is 298 g/mol. The molecule has 0 spiro atoms. The number of hydrogen-bond donors (Lipinski definition) is 1. The Kier molecular flexibility index (Phi) is 3.90. The van der Waals surface area contributed by atoms with Crippen LogP contribution in [0.2, 0.25) is 0 Å². The average molecular weight is 313 g/mol. The van der Waals surface area contributed by atoms with Gasteiger partial charge in [-0.2, -0.15) is 0 Å². The van der Waals surface area contributed by atoms with E-state index >= 15 is 0 Å². The lowest BCUT2D eigenvalue weighted by molar-refractivity contribution is -0.115. The number of aromatic carboxylic acids is 1. The molecule has 112 valence electrons. The summed E-state index contributed by atoms with van der Waals surface area (Å²) in [6.07, 6.45) is 0. The van der Waals surface area contributed by atoms with Gasteiger partial charge in [-0.05, 0) is 36.8 Å². The van der Waals surface area contributed by atoms with E-state index in [4.69, 9.17) is 5.11 Å². The van der Waals surface area contributed by atoms with Gasteiger partial charge in [0.15, 0.2) is 0 Å². The molecule has 5 heteroatoms. The van der Waals surface area contributed by atoms with Gasteiger partial charge >= 0.3 is 5.97 Å². The third-order valence-corrected chi connectivity index (χ3v) is 4.84. The zero-order valence-electron chi connectivity index (χ0n) is 12.0. The maximum atomic E-state index is 12.2. The van der Waals surface area contributed by atoms with Gasteiger partial charge < -0.3 is 5.11 Å². The van der Waals surface area contributed by atoms with E-state index in [1.54, 1.807) is 28.8 Å². The fraction of sp³-hybridized carbons (Fsp3) is 0.176. The zero-order valence-corrected chi connectivity index (χ0v) is 12.8. The highest BCUT2D eigenvalue weighted by Gasteiger charge is 2.33. The van der Waals surface area contributed by atoms with Gasteiger partial charge in [0, 0.05) is 5.69 Å². The summed E-state index contributed by atoms with van der Waals surface area (Å²) in [5.41, 5.74) is 3.19. The molecular formula is C17H15NO3S. The highest BCUT2D eigenvalue weighted by Crippen LogP contribution is 2.41. The molecule has 1 aliphatic rings. The predicted molar refractivity (Wildman–Crippen MR) is 87.3 cm³/mol. The van der Waals surface area contributed by atoms with Gasteiger partial charge in [-0.1, -0.05) is 29.8 Å². The van der Waals surface area contributed by atoms with Crippen molar-refractivity contribution in [3.05, 3.63) is 65.2 Å². The Morgan fingerprint density at radius 2 is 1.77 bits per heavy atom. The number of nitrogens with zero attached hydrogens (tertiary/aromatic N) is 1. The normalized spacial score (nSPS) is 17.8.